The van der Waals surface area contributed by atoms with E-state index in [0.717, 1.165) is 0 Å². The largest absolute Gasteiger partial charge is 0.480 e. The molecule has 1 atom stereocenters. The second-order valence-corrected chi connectivity index (χ2v) is 2.87. The summed E-state index contributed by atoms with van der Waals surface area (Å²) in [4.78, 5) is 27.9. The summed E-state index contributed by atoms with van der Waals surface area (Å²) in [5.74, 6) is -1.42. The number of rotatable bonds is 4. The number of nitrogens with zero attached hydrogens (tertiary/aromatic N) is 1. The molecule has 14 heavy (non-hydrogen) atoms. The molecule has 1 rings (SSSR count). The third-order valence-electron chi connectivity index (χ3n) is 1.65. The Bertz CT molecular complexity index is 321. The van der Waals surface area contributed by atoms with Crippen LogP contribution in [0.15, 0.2) is 12.5 Å². The lowest BCUT2D eigenvalue weighted by molar-refractivity contribution is -0.141. The van der Waals surface area contributed by atoms with E-state index >= 15 is 0 Å². The Morgan fingerprint density at radius 3 is 2.86 bits per heavy atom. The van der Waals surface area contributed by atoms with Gasteiger partial charge in [-0.2, -0.15) is 0 Å². The van der Waals surface area contributed by atoms with Crippen molar-refractivity contribution < 1.29 is 14.7 Å². The van der Waals surface area contributed by atoms with Gasteiger partial charge in [-0.3, -0.25) is 4.79 Å². The zero-order valence-electron chi connectivity index (χ0n) is 7.65. The topological polar surface area (TPSA) is 95.1 Å². The summed E-state index contributed by atoms with van der Waals surface area (Å²) in [7, 11) is 0. The van der Waals surface area contributed by atoms with Crippen molar-refractivity contribution in [3.63, 3.8) is 0 Å². The third-order valence-corrected chi connectivity index (χ3v) is 1.65. The summed E-state index contributed by atoms with van der Waals surface area (Å²) in [6.45, 7) is 1.28. The molecule has 1 aromatic heterocycles. The molecule has 0 saturated carbocycles. The van der Waals surface area contributed by atoms with Crippen molar-refractivity contribution in [1.29, 1.82) is 0 Å². The number of carbonyl (C=O) groups is 2. The van der Waals surface area contributed by atoms with Gasteiger partial charge in [0, 0.05) is 25.2 Å². The Labute approximate surface area is 80.4 Å². The molecule has 0 unspecified atom stereocenters. The van der Waals surface area contributed by atoms with E-state index in [0.29, 0.717) is 5.69 Å². The van der Waals surface area contributed by atoms with Crippen LogP contribution in [0.3, 0.4) is 0 Å². The van der Waals surface area contributed by atoms with Crippen molar-refractivity contribution >= 4 is 11.9 Å². The number of carbonyl (C=O) groups excluding carboxylic acids is 1. The molecular weight excluding hydrogens is 187 g/mol. The first-order valence-electron chi connectivity index (χ1n) is 4.06. The number of nitrogens with one attached hydrogen (secondary N) is 2. The average Bonchev–Trinajstić information content (AvgIpc) is 2.54. The second-order valence-electron chi connectivity index (χ2n) is 2.87. The zero-order valence-corrected chi connectivity index (χ0v) is 7.65. The summed E-state index contributed by atoms with van der Waals surface area (Å²) in [6, 6.07) is -0.909. The number of aromatic nitrogens is 2. The SMILES string of the molecule is CC(=O)N[C@H](Cc1cnc[15nH]1)C(=O)O. The van der Waals surface area contributed by atoms with E-state index in [1.54, 1.807) is 0 Å². The summed E-state index contributed by atoms with van der Waals surface area (Å²) >= 11 is 0. The lowest BCUT2D eigenvalue weighted by Gasteiger charge is -2.11. The lowest BCUT2D eigenvalue weighted by atomic mass is 10.2. The zero-order chi connectivity index (χ0) is 10.6. The van der Waals surface area contributed by atoms with Gasteiger partial charge in [-0.05, 0) is 0 Å². The van der Waals surface area contributed by atoms with Gasteiger partial charge in [-0.1, -0.05) is 0 Å². The standard InChI is InChI=1S/C8H11N3O3/c1-5(12)11-7(8(13)14)2-6-3-9-4-10-6/h3-4,7H,2H2,1H3,(H,9,10)(H,11,12)(H,13,14)/t7-/m1/s1/i10+1. The molecule has 6 nitrogen and oxygen atoms in total. The maximum absolute atomic E-state index is 10.7. The summed E-state index contributed by atoms with van der Waals surface area (Å²) < 4.78 is 0. The fraction of sp³-hybridized carbons (Fsp3) is 0.375. The molecule has 0 fully saturated rings. The quantitative estimate of drug-likeness (QED) is 0.610. The number of aromatic amines is 1. The van der Waals surface area contributed by atoms with Crippen LogP contribution >= 0.6 is 0 Å². The highest BCUT2D eigenvalue weighted by Crippen LogP contribution is 1.98. The van der Waals surface area contributed by atoms with Crippen LogP contribution in [0, 0.1) is 0 Å². The second kappa shape index (κ2) is 4.40. The number of carboxylic acid groups (broad SMARTS) is 1. The monoisotopic (exact) mass is 198 g/mol. The Kier molecular flexibility index (Phi) is 3.22. The molecule has 0 spiro atoms. The van der Waals surface area contributed by atoms with Crippen molar-refractivity contribution in [3.05, 3.63) is 18.2 Å². The lowest BCUT2D eigenvalue weighted by Crippen LogP contribution is -2.41. The number of hydrogen-bond donors (Lipinski definition) is 3. The smallest absolute Gasteiger partial charge is 0.326 e. The highest BCUT2D eigenvalue weighted by molar-refractivity contribution is 5.82. The third kappa shape index (κ3) is 2.89. The van der Waals surface area contributed by atoms with Crippen LogP contribution in [0.25, 0.3) is 0 Å². The van der Waals surface area contributed by atoms with Gasteiger partial charge in [0.15, 0.2) is 0 Å². The van der Waals surface area contributed by atoms with E-state index in [1.165, 1.54) is 19.4 Å². The number of hydrogen-bond acceptors (Lipinski definition) is 3. The van der Waals surface area contributed by atoms with Crippen LogP contribution in [0.2, 0.25) is 0 Å². The number of H-pyrrole nitrogens is 1. The predicted molar refractivity (Wildman–Crippen MR) is 47.5 cm³/mol. The van der Waals surface area contributed by atoms with Gasteiger partial charge >= 0.3 is 5.97 Å². The maximum Gasteiger partial charge on any atom is 0.326 e. The van der Waals surface area contributed by atoms with Gasteiger partial charge in [0.05, 0.1) is 6.33 Å². The van der Waals surface area contributed by atoms with E-state index in [1.807, 2.05) is 0 Å². The highest BCUT2D eigenvalue weighted by Gasteiger charge is 2.18. The van der Waals surface area contributed by atoms with E-state index in [2.05, 4.69) is 15.3 Å². The minimum Gasteiger partial charge on any atom is -0.480 e. The van der Waals surface area contributed by atoms with Crippen molar-refractivity contribution in [2.75, 3.05) is 0 Å². The number of aliphatic carboxylic acids is 1. The predicted octanol–water partition coefficient (Wildman–Crippen LogP) is -0.459. The molecule has 1 aromatic rings. The Balaban J connectivity index is 2.60. The first-order valence-corrected chi connectivity index (χ1v) is 4.06. The van der Waals surface area contributed by atoms with Crippen molar-refractivity contribution in [3.8, 4) is 0 Å². The van der Waals surface area contributed by atoms with Crippen molar-refractivity contribution in [2.45, 2.75) is 19.4 Å². The number of imidazole rings is 1. The Morgan fingerprint density at radius 1 is 1.71 bits per heavy atom. The number of amides is 1. The van der Waals surface area contributed by atoms with Gasteiger partial charge < -0.3 is 15.4 Å². The minimum atomic E-state index is -1.06. The molecule has 0 aliphatic carbocycles. The normalized spacial score (nSPS) is 12.1. The van der Waals surface area contributed by atoms with E-state index in [4.69, 9.17) is 5.11 Å². The summed E-state index contributed by atoms with van der Waals surface area (Å²) in [5.41, 5.74) is 0.672. The van der Waals surface area contributed by atoms with Gasteiger partial charge in [0.1, 0.15) is 6.04 Å². The molecule has 0 bridgehead atoms. The van der Waals surface area contributed by atoms with Gasteiger partial charge in [-0.25, -0.2) is 9.78 Å². The molecule has 6 heteroatoms. The highest BCUT2D eigenvalue weighted by atomic mass is 16.4. The molecule has 0 aliphatic heterocycles. The molecule has 1 amide bonds. The molecule has 0 aliphatic rings. The Morgan fingerprint density at radius 2 is 2.43 bits per heavy atom. The van der Waals surface area contributed by atoms with Crippen LogP contribution in [0.4, 0.5) is 0 Å². The molecular formula is C8H11N3O3. The average molecular weight is 198 g/mol. The van der Waals surface area contributed by atoms with Gasteiger partial charge in [-0.15, -0.1) is 0 Å². The van der Waals surface area contributed by atoms with Gasteiger partial charge in [0.25, 0.3) is 0 Å². The molecule has 1 heterocycles. The molecule has 0 radical (unpaired) electrons. The maximum atomic E-state index is 10.7. The van der Waals surface area contributed by atoms with Gasteiger partial charge in [0.2, 0.25) is 5.91 Å². The van der Waals surface area contributed by atoms with Crippen molar-refractivity contribution in [1.82, 2.24) is 15.3 Å². The van der Waals surface area contributed by atoms with Crippen molar-refractivity contribution in [2.24, 2.45) is 0 Å². The summed E-state index contributed by atoms with van der Waals surface area (Å²) in [6.07, 6.45) is 3.19. The fourth-order valence-corrected chi connectivity index (χ4v) is 1.06. The van der Waals surface area contributed by atoms with E-state index in [9.17, 15) is 9.59 Å². The first-order chi connectivity index (χ1) is 6.59. The molecule has 76 valence electrons. The van der Waals surface area contributed by atoms with Crippen LogP contribution in [0.5, 0.6) is 0 Å². The van der Waals surface area contributed by atoms with Crippen LogP contribution in [-0.4, -0.2) is 33.0 Å². The van der Waals surface area contributed by atoms with E-state index < -0.39 is 12.0 Å². The molecule has 0 saturated heterocycles. The fourth-order valence-electron chi connectivity index (χ4n) is 1.06. The van der Waals surface area contributed by atoms with E-state index in [-0.39, 0.29) is 12.3 Å². The summed E-state index contributed by atoms with van der Waals surface area (Å²) in [5, 5.41) is 11.1. The van der Waals surface area contributed by atoms with Crippen LogP contribution in [-0.2, 0) is 16.0 Å². The Hall–Kier alpha value is -1.85. The molecule has 3 N–H and O–H groups in total. The minimum absolute atomic E-state index is 0.203. The number of carboxylic acids is 1. The first kappa shape index (κ1) is 10.2. The molecule has 0 aromatic carbocycles. The van der Waals surface area contributed by atoms with Crippen LogP contribution in [0.1, 0.15) is 12.6 Å². The van der Waals surface area contributed by atoms with Crippen LogP contribution < -0.4 is 5.32 Å².